The molecule has 0 saturated carbocycles. The molecule has 0 bridgehead atoms. The lowest BCUT2D eigenvalue weighted by Gasteiger charge is -2.08. The number of carbonyl (C=O) groups is 1. The molecule has 5 nitrogen and oxygen atoms in total. The van der Waals surface area contributed by atoms with E-state index in [2.05, 4.69) is 20.5 Å². The van der Waals surface area contributed by atoms with Gasteiger partial charge in [-0.15, -0.1) is 0 Å². The van der Waals surface area contributed by atoms with E-state index in [1.807, 2.05) is 0 Å². The molecular formula is C10H8Cl2N4OS. The van der Waals surface area contributed by atoms with Gasteiger partial charge in [-0.3, -0.25) is 9.89 Å². The first-order valence-corrected chi connectivity index (χ1v) is 6.63. The summed E-state index contributed by atoms with van der Waals surface area (Å²) in [5, 5.41) is 10.4. The van der Waals surface area contributed by atoms with Gasteiger partial charge >= 0.3 is 0 Å². The SMILES string of the molecule is O=C(CSc1ncn[nH]1)Nc1c(Cl)cccc1Cl. The van der Waals surface area contributed by atoms with Gasteiger partial charge in [0.2, 0.25) is 5.91 Å². The van der Waals surface area contributed by atoms with Crippen LogP contribution in [-0.4, -0.2) is 26.8 Å². The lowest BCUT2D eigenvalue weighted by Crippen LogP contribution is -2.14. The fraction of sp³-hybridized carbons (Fsp3) is 0.100. The van der Waals surface area contributed by atoms with Gasteiger partial charge < -0.3 is 5.32 Å². The smallest absolute Gasteiger partial charge is 0.234 e. The third-order valence-corrected chi connectivity index (χ3v) is 3.47. The first-order chi connectivity index (χ1) is 8.66. The van der Waals surface area contributed by atoms with Gasteiger partial charge in [0.25, 0.3) is 0 Å². The maximum Gasteiger partial charge on any atom is 0.234 e. The molecule has 1 amide bonds. The van der Waals surface area contributed by atoms with Crippen LogP contribution in [0, 0.1) is 0 Å². The van der Waals surface area contributed by atoms with Crippen LogP contribution in [0.1, 0.15) is 0 Å². The van der Waals surface area contributed by atoms with E-state index in [0.717, 1.165) is 0 Å². The van der Waals surface area contributed by atoms with Gasteiger partial charge in [-0.1, -0.05) is 41.0 Å². The molecule has 1 aromatic carbocycles. The fourth-order valence-corrected chi connectivity index (χ4v) is 2.26. The van der Waals surface area contributed by atoms with Gasteiger partial charge in [0.1, 0.15) is 6.33 Å². The molecule has 0 aliphatic rings. The van der Waals surface area contributed by atoms with E-state index in [4.69, 9.17) is 23.2 Å². The summed E-state index contributed by atoms with van der Waals surface area (Å²) in [6, 6.07) is 5.03. The van der Waals surface area contributed by atoms with Crippen LogP contribution in [0.3, 0.4) is 0 Å². The monoisotopic (exact) mass is 302 g/mol. The maximum absolute atomic E-state index is 11.7. The van der Waals surface area contributed by atoms with Crippen LogP contribution in [0.15, 0.2) is 29.7 Å². The van der Waals surface area contributed by atoms with Crippen LogP contribution < -0.4 is 5.32 Å². The fourth-order valence-electron chi connectivity index (χ4n) is 1.19. The van der Waals surface area contributed by atoms with E-state index in [0.29, 0.717) is 20.9 Å². The number of halogens is 2. The number of nitrogens with zero attached hydrogens (tertiary/aromatic N) is 2. The Morgan fingerprint density at radius 2 is 2.11 bits per heavy atom. The number of anilines is 1. The van der Waals surface area contributed by atoms with E-state index in [1.165, 1.54) is 18.1 Å². The van der Waals surface area contributed by atoms with Gasteiger partial charge in [0, 0.05) is 0 Å². The average Bonchev–Trinajstić information content (AvgIpc) is 2.84. The zero-order chi connectivity index (χ0) is 13.0. The van der Waals surface area contributed by atoms with Crippen molar-refractivity contribution in [2.45, 2.75) is 5.16 Å². The van der Waals surface area contributed by atoms with Crippen molar-refractivity contribution >= 4 is 46.6 Å². The normalized spacial score (nSPS) is 10.3. The zero-order valence-corrected chi connectivity index (χ0v) is 11.3. The highest BCUT2D eigenvalue weighted by Crippen LogP contribution is 2.29. The Morgan fingerprint density at radius 3 is 2.72 bits per heavy atom. The molecule has 2 rings (SSSR count). The molecule has 1 aromatic heterocycles. The summed E-state index contributed by atoms with van der Waals surface area (Å²) in [6.45, 7) is 0. The van der Waals surface area contributed by atoms with Gasteiger partial charge in [-0.25, -0.2) is 4.98 Å². The van der Waals surface area contributed by atoms with Crippen molar-refractivity contribution in [2.24, 2.45) is 0 Å². The molecule has 0 saturated heterocycles. The summed E-state index contributed by atoms with van der Waals surface area (Å²) < 4.78 is 0. The molecule has 8 heteroatoms. The van der Waals surface area contributed by atoms with Crippen molar-refractivity contribution in [3.63, 3.8) is 0 Å². The number of benzene rings is 1. The second kappa shape index (κ2) is 6.08. The molecule has 2 aromatic rings. The molecule has 18 heavy (non-hydrogen) atoms. The number of amides is 1. The topological polar surface area (TPSA) is 70.7 Å². The van der Waals surface area contributed by atoms with Crippen molar-refractivity contribution in [1.29, 1.82) is 0 Å². The first-order valence-electron chi connectivity index (χ1n) is 4.89. The van der Waals surface area contributed by atoms with Gasteiger partial charge in [0.05, 0.1) is 21.5 Å². The quantitative estimate of drug-likeness (QED) is 0.852. The Kier molecular flexibility index (Phi) is 4.46. The Hall–Kier alpha value is -1.24. The minimum absolute atomic E-state index is 0.191. The predicted molar refractivity (Wildman–Crippen MR) is 72.2 cm³/mol. The van der Waals surface area contributed by atoms with Crippen LogP contribution >= 0.6 is 35.0 Å². The van der Waals surface area contributed by atoms with E-state index >= 15 is 0 Å². The van der Waals surface area contributed by atoms with Gasteiger partial charge in [-0.05, 0) is 12.1 Å². The predicted octanol–water partition coefficient (Wildman–Crippen LogP) is 2.84. The number of aromatic nitrogens is 3. The molecule has 0 aliphatic heterocycles. The maximum atomic E-state index is 11.7. The van der Waals surface area contributed by atoms with Crippen LogP contribution in [0.4, 0.5) is 5.69 Å². The van der Waals surface area contributed by atoms with Crippen LogP contribution in [0.25, 0.3) is 0 Å². The molecule has 0 aliphatic carbocycles. The van der Waals surface area contributed by atoms with E-state index in [9.17, 15) is 4.79 Å². The highest BCUT2D eigenvalue weighted by molar-refractivity contribution is 7.99. The molecule has 0 atom stereocenters. The minimum Gasteiger partial charge on any atom is -0.323 e. The summed E-state index contributed by atoms with van der Waals surface area (Å²) in [5.41, 5.74) is 0.420. The molecule has 94 valence electrons. The summed E-state index contributed by atoms with van der Waals surface area (Å²) in [7, 11) is 0. The molecule has 0 unspecified atom stereocenters. The third kappa shape index (κ3) is 3.38. The number of hydrogen-bond donors (Lipinski definition) is 2. The Balaban J connectivity index is 1.95. The standard InChI is InChI=1S/C10H8Cl2N4OS/c11-6-2-1-3-7(12)9(6)15-8(17)4-18-10-13-5-14-16-10/h1-3,5H,4H2,(H,15,17)(H,13,14,16). The summed E-state index contributed by atoms with van der Waals surface area (Å²) in [4.78, 5) is 15.6. The van der Waals surface area contributed by atoms with Crippen molar-refractivity contribution in [3.05, 3.63) is 34.6 Å². The van der Waals surface area contributed by atoms with Crippen LogP contribution in [0.2, 0.25) is 10.0 Å². The van der Waals surface area contributed by atoms with Crippen molar-refractivity contribution in [2.75, 3.05) is 11.1 Å². The second-order valence-electron chi connectivity index (χ2n) is 3.22. The Morgan fingerprint density at radius 1 is 1.39 bits per heavy atom. The largest absolute Gasteiger partial charge is 0.323 e. The number of hydrogen-bond acceptors (Lipinski definition) is 4. The molecule has 2 N–H and O–H groups in total. The molecule has 1 heterocycles. The van der Waals surface area contributed by atoms with Crippen LogP contribution in [0.5, 0.6) is 0 Å². The Bertz CT molecular complexity index is 527. The number of aromatic amines is 1. The number of carbonyl (C=O) groups excluding carboxylic acids is 1. The Labute approximate surface area is 117 Å². The number of H-pyrrole nitrogens is 1. The number of para-hydroxylation sites is 1. The minimum atomic E-state index is -0.216. The first kappa shape index (κ1) is 13.2. The van der Waals surface area contributed by atoms with Crippen molar-refractivity contribution in [1.82, 2.24) is 15.2 Å². The summed E-state index contributed by atoms with van der Waals surface area (Å²) in [6.07, 6.45) is 1.38. The van der Waals surface area contributed by atoms with Crippen molar-refractivity contribution < 1.29 is 4.79 Å². The van der Waals surface area contributed by atoms with Gasteiger partial charge in [0.15, 0.2) is 5.16 Å². The lowest BCUT2D eigenvalue weighted by molar-refractivity contribution is -0.113. The molecule has 0 fully saturated rings. The third-order valence-electron chi connectivity index (χ3n) is 1.96. The number of rotatable bonds is 4. The highest BCUT2D eigenvalue weighted by atomic mass is 35.5. The summed E-state index contributed by atoms with van der Waals surface area (Å²) >= 11 is 13.1. The molecular weight excluding hydrogens is 295 g/mol. The molecule has 0 spiro atoms. The number of nitrogens with one attached hydrogen (secondary N) is 2. The summed E-state index contributed by atoms with van der Waals surface area (Å²) in [5.74, 6) is -0.0251. The van der Waals surface area contributed by atoms with Crippen molar-refractivity contribution in [3.8, 4) is 0 Å². The van der Waals surface area contributed by atoms with E-state index in [-0.39, 0.29) is 11.7 Å². The number of thioether (sulfide) groups is 1. The highest BCUT2D eigenvalue weighted by Gasteiger charge is 2.10. The van der Waals surface area contributed by atoms with E-state index in [1.54, 1.807) is 18.2 Å². The average molecular weight is 303 g/mol. The van der Waals surface area contributed by atoms with Gasteiger partial charge in [-0.2, -0.15) is 5.10 Å². The zero-order valence-electron chi connectivity index (χ0n) is 8.98. The lowest BCUT2D eigenvalue weighted by atomic mass is 10.3. The second-order valence-corrected chi connectivity index (χ2v) is 5.00. The van der Waals surface area contributed by atoms with E-state index < -0.39 is 0 Å². The van der Waals surface area contributed by atoms with Crippen LogP contribution in [-0.2, 0) is 4.79 Å². The molecule has 0 radical (unpaired) electrons.